The Bertz CT molecular complexity index is 950. The molecule has 1 aromatic heterocycles. The van der Waals surface area contributed by atoms with Crippen LogP contribution in [0.5, 0.6) is 0 Å². The van der Waals surface area contributed by atoms with Gasteiger partial charge in [0.1, 0.15) is 11.5 Å². The van der Waals surface area contributed by atoms with Crippen LogP contribution in [0.2, 0.25) is 0 Å². The number of carbonyl (C=O) groups excluding carboxylic acids is 1. The number of halogens is 1. The average molecular weight is 293 g/mol. The molecule has 5 heteroatoms. The lowest BCUT2D eigenvalue weighted by atomic mass is 9.99. The van der Waals surface area contributed by atoms with Gasteiger partial charge in [0.15, 0.2) is 0 Å². The lowest BCUT2D eigenvalue weighted by molar-refractivity contribution is 0.0996. The molecule has 1 heterocycles. The Balaban J connectivity index is 2.33. The first-order valence-electron chi connectivity index (χ1n) is 6.63. The first-order chi connectivity index (χ1) is 10.5. The van der Waals surface area contributed by atoms with Crippen molar-refractivity contribution in [2.45, 2.75) is 6.92 Å². The highest BCUT2D eigenvalue weighted by Gasteiger charge is 2.13. The van der Waals surface area contributed by atoms with Crippen LogP contribution in [0.25, 0.3) is 22.0 Å². The molecule has 0 saturated carbocycles. The zero-order valence-electron chi connectivity index (χ0n) is 11.8. The summed E-state index contributed by atoms with van der Waals surface area (Å²) in [5.74, 6) is -0.864. The van der Waals surface area contributed by atoms with Gasteiger partial charge in [0.05, 0.1) is 17.1 Å². The van der Waals surface area contributed by atoms with Crippen LogP contribution in [-0.2, 0) is 0 Å². The molecule has 3 aromatic rings. The molecule has 0 aliphatic heterocycles. The largest absolute Gasteiger partial charge is 0.364 e. The van der Waals surface area contributed by atoms with Gasteiger partial charge >= 0.3 is 0 Å². The molecule has 3 N–H and O–H groups in total. The standard InChI is InChI=1S/C17H12FN3O/c1-9-4-11(2-3-14(9)18)13-6-10(8-19)5-12-7-15(17(20)22)21-16(12)13/h2-7,21H,1H3,(H2,20,22). The molecule has 0 spiro atoms. The molecular weight excluding hydrogens is 281 g/mol. The normalized spacial score (nSPS) is 10.6. The smallest absolute Gasteiger partial charge is 0.265 e. The first-order valence-corrected chi connectivity index (χ1v) is 6.63. The lowest BCUT2D eigenvalue weighted by Gasteiger charge is -2.06. The Kier molecular flexibility index (Phi) is 3.15. The molecule has 3 rings (SSSR count). The van der Waals surface area contributed by atoms with Gasteiger partial charge in [-0.3, -0.25) is 4.79 Å². The predicted molar refractivity (Wildman–Crippen MR) is 81.7 cm³/mol. The molecule has 0 atom stereocenters. The molecule has 108 valence electrons. The van der Waals surface area contributed by atoms with Crippen LogP contribution in [0.1, 0.15) is 21.6 Å². The SMILES string of the molecule is Cc1cc(-c2cc(C#N)cc3cc(C(N)=O)[nH]c23)ccc1F. The van der Waals surface area contributed by atoms with Gasteiger partial charge in [0.2, 0.25) is 0 Å². The second-order valence-electron chi connectivity index (χ2n) is 5.11. The Hall–Kier alpha value is -3.13. The van der Waals surface area contributed by atoms with Crippen molar-refractivity contribution in [3.63, 3.8) is 0 Å². The highest BCUT2D eigenvalue weighted by atomic mass is 19.1. The van der Waals surface area contributed by atoms with E-state index in [1.807, 2.05) is 0 Å². The molecule has 0 aliphatic rings. The minimum Gasteiger partial charge on any atom is -0.364 e. The number of nitriles is 1. The summed E-state index contributed by atoms with van der Waals surface area (Å²) in [7, 11) is 0. The van der Waals surface area contributed by atoms with Crippen LogP contribution < -0.4 is 5.73 Å². The number of primary amides is 1. The summed E-state index contributed by atoms with van der Waals surface area (Å²) in [6, 6.07) is 11.8. The number of aromatic nitrogens is 1. The van der Waals surface area contributed by atoms with E-state index in [1.165, 1.54) is 6.07 Å². The number of carbonyl (C=O) groups is 1. The molecular formula is C17H12FN3O. The summed E-state index contributed by atoms with van der Waals surface area (Å²) in [5.41, 5.74) is 8.71. The Labute approximate surface area is 126 Å². The molecule has 0 aliphatic carbocycles. The highest BCUT2D eigenvalue weighted by Crippen LogP contribution is 2.31. The maximum absolute atomic E-state index is 13.5. The van der Waals surface area contributed by atoms with Gasteiger partial charge < -0.3 is 10.7 Å². The summed E-state index contributed by atoms with van der Waals surface area (Å²) >= 11 is 0. The van der Waals surface area contributed by atoms with E-state index in [0.29, 0.717) is 22.0 Å². The number of nitrogens with two attached hydrogens (primary N) is 1. The van der Waals surface area contributed by atoms with Gasteiger partial charge in [-0.1, -0.05) is 6.07 Å². The van der Waals surface area contributed by atoms with Crippen molar-refractivity contribution >= 4 is 16.8 Å². The molecule has 1 amide bonds. The van der Waals surface area contributed by atoms with Gasteiger partial charge in [0.25, 0.3) is 5.91 Å². The van der Waals surface area contributed by atoms with E-state index in [1.54, 1.807) is 37.3 Å². The topological polar surface area (TPSA) is 82.7 Å². The molecule has 0 fully saturated rings. The number of nitrogens with zero attached hydrogens (tertiary/aromatic N) is 1. The average Bonchev–Trinajstić information content (AvgIpc) is 2.93. The number of rotatable bonds is 2. The van der Waals surface area contributed by atoms with Crippen LogP contribution in [0.4, 0.5) is 4.39 Å². The molecule has 2 aromatic carbocycles. The molecule has 0 radical (unpaired) electrons. The Morgan fingerprint density at radius 2 is 2.05 bits per heavy atom. The summed E-state index contributed by atoms with van der Waals surface area (Å²) in [6.07, 6.45) is 0. The fourth-order valence-electron chi connectivity index (χ4n) is 2.48. The minimum absolute atomic E-state index is 0.269. The van der Waals surface area contributed by atoms with Gasteiger partial charge in [-0.25, -0.2) is 4.39 Å². The van der Waals surface area contributed by atoms with Crippen LogP contribution in [-0.4, -0.2) is 10.9 Å². The third-order valence-electron chi connectivity index (χ3n) is 3.59. The van der Waals surface area contributed by atoms with Crippen LogP contribution >= 0.6 is 0 Å². The number of fused-ring (bicyclic) bond motifs is 1. The van der Waals surface area contributed by atoms with Crippen molar-refractivity contribution < 1.29 is 9.18 Å². The quantitative estimate of drug-likeness (QED) is 0.760. The van der Waals surface area contributed by atoms with Crippen LogP contribution in [0, 0.1) is 24.1 Å². The predicted octanol–water partition coefficient (Wildman–Crippen LogP) is 3.25. The van der Waals surface area contributed by atoms with Gasteiger partial charge in [-0.15, -0.1) is 0 Å². The second-order valence-corrected chi connectivity index (χ2v) is 5.11. The monoisotopic (exact) mass is 293 g/mol. The number of aryl methyl sites for hydroxylation is 1. The summed E-state index contributed by atoms with van der Waals surface area (Å²) in [5, 5.41) is 9.88. The molecule has 22 heavy (non-hydrogen) atoms. The van der Waals surface area contributed by atoms with Crippen LogP contribution in [0.15, 0.2) is 36.4 Å². The summed E-state index contributed by atoms with van der Waals surface area (Å²) in [6.45, 7) is 1.67. The van der Waals surface area contributed by atoms with Crippen LogP contribution in [0.3, 0.4) is 0 Å². The molecule has 4 nitrogen and oxygen atoms in total. The molecule has 0 saturated heterocycles. The van der Waals surface area contributed by atoms with E-state index in [9.17, 15) is 14.4 Å². The van der Waals surface area contributed by atoms with Gasteiger partial charge in [0, 0.05) is 10.9 Å². The van der Waals surface area contributed by atoms with Crippen molar-refractivity contribution in [2.75, 3.05) is 0 Å². The minimum atomic E-state index is -0.573. The number of nitrogens with one attached hydrogen (secondary N) is 1. The number of aromatic amines is 1. The number of hydrogen-bond acceptors (Lipinski definition) is 2. The molecule has 0 unspecified atom stereocenters. The summed E-state index contributed by atoms with van der Waals surface area (Å²) in [4.78, 5) is 14.3. The fraction of sp³-hybridized carbons (Fsp3) is 0.0588. The first kappa shape index (κ1) is 13.8. The zero-order chi connectivity index (χ0) is 15.9. The second kappa shape index (κ2) is 5.01. The van der Waals surface area contributed by atoms with Gasteiger partial charge in [-0.2, -0.15) is 5.26 Å². The third kappa shape index (κ3) is 2.21. The fourth-order valence-corrected chi connectivity index (χ4v) is 2.48. The molecule has 0 bridgehead atoms. The maximum atomic E-state index is 13.5. The third-order valence-corrected chi connectivity index (χ3v) is 3.59. The van der Waals surface area contributed by atoms with Crippen molar-refractivity contribution in [1.29, 1.82) is 5.26 Å². The Morgan fingerprint density at radius 3 is 2.68 bits per heavy atom. The van der Waals surface area contributed by atoms with Crippen molar-refractivity contribution in [1.82, 2.24) is 4.98 Å². The maximum Gasteiger partial charge on any atom is 0.265 e. The van der Waals surface area contributed by atoms with E-state index in [4.69, 9.17) is 5.73 Å². The van der Waals surface area contributed by atoms with Crippen molar-refractivity contribution in [3.8, 4) is 17.2 Å². The van der Waals surface area contributed by atoms with Crippen molar-refractivity contribution in [3.05, 3.63) is 59.0 Å². The van der Waals surface area contributed by atoms with E-state index >= 15 is 0 Å². The Morgan fingerprint density at radius 1 is 1.27 bits per heavy atom. The van der Waals surface area contributed by atoms with E-state index in [0.717, 1.165) is 11.1 Å². The van der Waals surface area contributed by atoms with Crippen molar-refractivity contribution in [2.24, 2.45) is 5.73 Å². The summed E-state index contributed by atoms with van der Waals surface area (Å²) < 4.78 is 13.5. The number of hydrogen-bond donors (Lipinski definition) is 2. The number of benzene rings is 2. The van der Waals surface area contributed by atoms with Gasteiger partial charge in [-0.05, 0) is 48.4 Å². The van der Waals surface area contributed by atoms with E-state index in [-0.39, 0.29) is 11.5 Å². The lowest BCUT2D eigenvalue weighted by Crippen LogP contribution is -2.10. The highest BCUT2D eigenvalue weighted by molar-refractivity contribution is 6.02. The zero-order valence-corrected chi connectivity index (χ0v) is 11.8. The van der Waals surface area contributed by atoms with E-state index in [2.05, 4.69) is 11.1 Å². The number of amides is 1. The number of H-pyrrole nitrogens is 1. The van der Waals surface area contributed by atoms with E-state index < -0.39 is 5.91 Å².